The molecule has 5 heteroatoms. The highest BCUT2D eigenvalue weighted by atomic mass is 19.1. The van der Waals surface area contributed by atoms with Crippen LogP contribution in [0.5, 0.6) is 0 Å². The lowest BCUT2D eigenvalue weighted by molar-refractivity contribution is -0.145. The van der Waals surface area contributed by atoms with Crippen molar-refractivity contribution < 1.29 is 13.9 Å². The van der Waals surface area contributed by atoms with E-state index in [0.717, 1.165) is 0 Å². The first-order chi connectivity index (χ1) is 10.1. The van der Waals surface area contributed by atoms with Gasteiger partial charge in [-0.25, -0.2) is 4.39 Å². The molecule has 0 spiro atoms. The fourth-order valence-corrected chi connectivity index (χ4v) is 1.88. The van der Waals surface area contributed by atoms with Crippen LogP contribution in [0.4, 0.5) is 4.39 Å². The van der Waals surface area contributed by atoms with Gasteiger partial charge in [-0.1, -0.05) is 18.2 Å². The van der Waals surface area contributed by atoms with E-state index in [1.54, 1.807) is 55.5 Å². The fourth-order valence-electron chi connectivity index (χ4n) is 1.88. The summed E-state index contributed by atoms with van der Waals surface area (Å²) in [5.41, 5.74) is 1.80. The van der Waals surface area contributed by atoms with Crippen LogP contribution in [0.15, 0.2) is 42.6 Å². The average Bonchev–Trinajstić information content (AvgIpc) is 2.45. The molecule has 1 aromatic heterocycles. The first kappa shape index (κ1) is 15.1. The van der Waals surface area contributed by atoms with Crippen LogP contribution in [0.1, 0.15) is 5.69 Å². The molecule has 2 rings (SSSR count). The van der Waals surface area contributed by atoms with E-state index >= 15 is 0 Å². The molecule has 0 aliphatic heterocycles. The lowest BCUT2D eigenvalue weighted by Gasteiger charge is -2.10. The number of carbonyl (C=O) groups excluding carboxylic acids is 1. The van der Waals surface area contributed by atoms with Gasteiger partial charge in [0.15, 0.2) is 0 Å². The topological polar surface area (TPSA) is 42.4 Å². The third-order valence-corrected chi connectivity index (χ3v) is 2.83. The van der Waals surface area contributed by atoms with Crippen molar-refractivity contribution in [1.82, 2.24) is 9.88 Å². The fraction of sp³-hybridized carbons (Fsp3) is 0.250. The third-order valence-electron chi connectivity index (χ3n) is 2.83. The van der Waals surface area contributed by atoms with Gasteiger partial charge in [0, 0.05) is 11.8 Å². The normalized spacial score (nSPS) is 10.7. The predicted molar refractivity (Wildman–Crippen MR) is 78.0 cm³/mol. The van der Waals surface area contributed by atoms with Gasteiger partial charge in [-0.2, -0.15) is 0 Å². The number of pyridine rings is 1. The molecule has 0 aliphatic rings. The zero-order chi connectivity index (χ0) is 15.2. The van der Waals surface area contributed by atoms with Crippen molar-refractivity contribution in [2.45, 2.75) is 6.61 Å². The monoisotopic (exact) mass is 288 g/mol. The summed E-state index contributed by atoms with van der Waals surface area (Å²) in [7, 11) is 3.58. The minimum atomic E-state index is -0.321. The molecule has 110 valence electrons. The molecule has 0 unspecified atom stereocenters. The van der Waals surface area contributed by atoms with Gasteiger partial charge in [0.2, 0.25) is 0 Å². The van der Waals surface area contributed by atoms with E-state index < -0.39 is 0 Å². The molecule has 0 atom stereocenters. The van der Waals surface area contributed by atoms with Crippen molar-refractivity contribution in [1.29, 1.82) is 0 Å². The van der Waals surface area contributed by atoms with Crippen LogP contribution >= 0.6 is 0 Å². The molecule has 4 nitrogen and oxygen atoms in total. The Balaban J connectivity index is 2.08. The van der Waals surface area contributed by atoms with Crippen molar-refractivity contribution in [3.8, 4) is 11.1 Å². The summed E-state index contributed by atoms with van der Waals surface area (Å²) in [5.74, 6) is -0.614. The quantitative estimate of drug-likeness (QED) is 0.793. The smallest absolute Gasteiger partial charge is 0.320 e. The second-order valence-corrected chi connectivity index (χ2v) is 4.91. The van der Waals surface area contributed by atoms with E-state index in [0.29, 0.717) is 16.8 Å². The van der Waals surface area contributed by atoms with Crippen molar-refractivity contribution in [2.75, 3.05) is 20.6 Å². The van der Waals surface area contributed by atoms with E-state index in [9.17, 15) is 9.18 Å². The Morgan fingerprint density at radius 1 is 1.29 bits per heavy atom. The molecular formula is C16H17FN2O2. The molecule has 1 heterocycles. The number of hydrogen-bond acceptors (Lipinski definition) is 4. The minimum Gasteiger partial charge on any atom is -0.458 e. The van der Waals surface area contributed by atoms with Gasteiger partial charge in [-0.05, 0) is 37.9 Å². The summed E-state index contributed by atoms with van der Waals surface area (Å²) < 4.78 is 18.9. The molecule has 1 aromatic carbocycles. The van der Waals surface area contributed by atoms with Gasteiger partial charge in [-0.3, -0.25) is 14.7 Å². The van der Waals surface area contributed by atoms with Crippen LogP contribution in [0.3, 0.4) is 0 Å². The minimum absolute atomic E-state index is 0.0783. The number of hydrogen-bond donors (Lipinski definition) is 0. The number of carbonyl (C=O) groups is 1. The number of esters is 1. The van der Waals surface area contributed by atoms with Gasteiger partial charge in [0.05, 0.1) is 12.2 Å². The van der Waals surface area contributed by atoms with E-state index in [-0.39, 0.29) is 24.9 Å². The second kappa shape index (κ2) is 6.95. The molecule has 0 fully saturated rings. The first-order valence-electron chi connectivity index (χ1n) is 6.56. The molecule has 0 aliphatic carbocycles. The number of halogens is 1. The van der Waals surface area contributed by atoms with Crippen LogP contribution in [0, 0.1) is 5.82 Å². The van der Waals surface area contributed by atoms with Crippen molar-refractivity contribution in [3.05, 3.63) is 54.1 Å². The first-order valence-corrected chi connectivity index (χ1v) is 6.56. The summed E-state index contributed by atoms with van der Waals surface area (Å²) in [5, 5.41) is 0. The van der Waals surface area contributed by atoms with E-state index in [4.69, 9.17) is 4.74 Å². The lowest BCUT2D eigenvalue weighted by atomic mass is 10.1. The van der Waals surface area contributed by atoms with Crippen molar-refractivity contribution in [2.24, 2.45) is 0 Å². The lowest BCUT2D eigenvalue weighted by Crippen LogP contribution is -2.23. The predicted octanol–water partition coefficient (Wildman–Crippen LogP) is 2.49. The van der Waals surface area contributed by atoms with E-state index in [2.05, 4.69) is 4.98 Å². The SMILES string of the molecule is CN(C)CC(=O)OCc1cc(-c2ccccc2F)ccn1. The second-order valence-electron chi connectivity index (χ2n) is 4.91. The molecule has 0 radical (unpaired) electrons. The molecule has 0 saturated heterocycles. The summed E-state index contributed by atoms with van der Waals surface area (Å²) in [6.45, 7) is 0.294. The Morgan fingerprint density at radius 3 is 2.76 bits per heavy atom. The van der Waals surface area contributed by atoms with E-state index in [1.807, 2.05) is 0 Å². The zero-order valence-corrected chi connectivity index (χ0v) is 12.0. The molecule has 0 N–H and O–H groups in total. The van der Waals surface area contributed by atoms with Crippen LogP contribution in [0.25, 0.3) is 11.1 Å². The molecule has 0 bridgehead atoms. The highest BCUT2D eigenvalue weighted by Crippen LogP contribution is 2.22. The Kier molecular flexibility index (Phi) is 5.00. The van der Waals surface area contributed by atoms with Gasteiger partial charge < -0.3 is 4.74 Å². The van der Waals surface area contributed by atoms with E-state index in [1.165, 1.54) is 6.07 Å². The Labute approximate surface area is 123 Å². The van der Waals surface area contributed by atoms with Gasteiger partial charge in [0.25, 0.3) is 0 Å². The highest BCUT2D eigenvalue weighted by Gasteiger charge is 2.08. The summed E-state index contributed by atoms with van der Waals surface area (Å²) in [6, 6.07) is 9.98. The third kappa shape index (κ3) is 4.36. The number of benzene rings is 1. The summed E-state index contributed by atoms with van der Waals surface area (Å²) in [6.07, 6.45) is 1.58. The van der Waals surface area contributed by atoms with Gasteiger partial charge >= 0.3 is 5.97 Å². The maximum Gasteiger partial charge on any atom is 0.320 e. The summed E-state index contributed by atoms with van der Waals surface area (Å²) >= 11 is 0. The Morgan fingerprint density at radius 2 is 2.05 bits per heavy atom. The van der Waals surface area contributed by atoms with Crippen LogP contribution in [0.2, 0.25) is 0 Å². The van der Waals surface area contributed by atoms with Crippen LogP contribution < -0.4 is 0 Å². The maximum atomic E-state index is 13.8. The van der Waals surface area contributed by atoms with Crippen molar-refractivity contribution >= 4 is 5.97 Å². The molecule has 0 amide bonds. The standard InChI is InChI=1S/C16H17FN2O2/c1-19(2)10-16(20)21-11-13-9-12(7-8-18-13)14-5-3-4-6-15(14)17/h3-9H,10-11H2,1-2H3. The number of likely N-dealkylation sites (N-methyl/N-ethyl adjacent to an activating group) is 1. The van der Waals surface area contributed by atoms with Crippen molar-refractivity contribution in [3.63, 3.8) is 0 Å². The number of nitrogens with zero attached hydrogens (tertiary/aromatic N) is 2. The molecule has 21 heavy (non-hydrogen) atoms. The number of rotatable bonds is 5. The highest BCUT2D eigenvalue weighted by molar-refractivity contribution is 5.71. The number of aromatic nitrogens is 1. The summed E-state index contributed by atoms with van der Waals surface area (Å²) in [4.78, 5) is 17.3. The van der Waals surface area contributed by atoms with Gasteiger partial charge in [0.1, 0.15) is 12.4 Å². The largest absolute Gasteiger partial charge is 0.458 e. The Hall–Kier alpha value is -2.27. The maximum absolute atomic E-state index is 13.8. The number of ether oxygens (including phenoxy) is 1. The average molecular weight is 288 g/mol. The van der Waals surface area contributed by atoms with Gasteiger partial charge in [-0.15, -0.1) is 0 Å². The molecular weight excluding hydrogens is 271 g/mol. The van der Waals surface area contributed by atoms with Crippen LogP contribution in [-0.2, 0) is 16.1 Å². The Bertz CT molecular complexity index is 629. The molecule has 2 aromatic rings. The van der Waals surface area contributed by atoms with Crippen LogP contribution in [-0.4, -0.2) is 36.5 Å². The molecule has 0 saturated carbocycles. The zero-order valence-electron chi connectivity index (χ0n) is 12.0.